The van der Waals surface area contributed by atoms with Crippen molar-refractivity contribution in [1.82, 2.24) is 19.8 Å². The molecule has 1 atom stereocenters. The number of amides is 2. The summed E-state index contributed by atoms with van der Waals surface area (Å²) in [7, 11) is 3.93. The largest absolute Gasteiger partial charge is 0.508 e. The molecule has 7 rings (SSSR count). The number of benzene rings is 4. The average Bonchev–Trinajstić information content (AvgIpc) is 3.45. The number of likely N-dealkylation sites (tertiary alicyclic amines) is 1. The number of imidazole rings is 1. The van der Waals surface area contributed by atoms with Gasteiger partial charge in [0.1, 0.15) is 23.4 Å². The number of hydrogen-bond acceptors (Lipinski definition) is 4. The van der Waals surface area contributed by atoms with Gasteiger partial charge in [-0.15, -0.1) is 24.8 Å². The second-order valence-corrected chi connectivity index (χ2v) is 11.8. The van der Waals surface area contributed by atoms with Crippen LogP contribution in [0.4, 0.5) is 14.9 Å². The number of nitrogens with zero attached hydrogens (tertiary/aromatic N) is 4. The predicted octanol–water partition coefficient (Wildman–Crippen LogP) is 7.89. The van der Waals surface area contributed by atoms with Crippen molar-refractivity contribution in [2.75, 3.05) is 32.1 Å². The number of aromatic nitrogens is 2. The van der Waals surface area contributed by atoms with Crippen molar-refractivity contribution in [3.8, 4) is 16.9 Å². The number of nitrogens with one attached hydrogen (secondary N) is 1. The molecule has 0 spiro atoms. The third kappa shape index (κ3) is 6.10. The first-order chi connectivity index (χ1) is 20.9. The molecule has 234 valence electrons. The number of aromatic amines is 1. The van der Waals surface area contributed by atoms with Gasteiger partial charge in [0.15, 0.2) is 0 Å². The van der Waals surface area contributed by atoms with Crippen LogP contribution in [0, 0.1) is 5.82 Å². The van der Waals surface area contributed by atoms with Gasteiger partial charge in [0.05, 0.1) is 23.3 Å². The fourth-order valence-corrected chi connectivity index (χ4v) is 6.54. The third-order valence-electron chi connectivity index (χ3n) is 9.02. The second kappa shape index (κ2) is 13.1. The molecule has 0 bridgehead atoms. The van der Waals surface area contributed by atoms with Crippen LogP contribution in [0.15, 0.2) is 84.9 Å². The number of piperidine rings is 1. The first-order valence-corrected chi connectivity index (χ1v) is 14.7. The minimum absolute atomic E-state index is 0. The van der Waals surface area contributed by atoms with Gasteiger partial charge < -0.3 is 19.9 Å². The first kappa shape index (κ1) is 32.3. The summed E-state index contributed by atoms with van der Waals surface area (Å²) in [5.41, 5.74) is 7.09. The molecule has 0 radical (unpaired) electrons. The maximum atomic E-state index is 14.5. The lowest BCUT2D eigenvalue weighted by molar-refractivity contribution is 0.181. The van der Waals surface area contributed by atoms with E-state index in [1.807, 2.05) is 30.3 Å². The Morgan fingerprint density at radius 3 is 2.36 bits per heavy atom. The summed E-state index contributed by atoms with van der Waals surface area (Å²) in [6, 6.07) is 25.3. The number of rotatable bonds is 5. The highest BCUT2D eigenvalue weighted by Gasteiger charge is 2.37. The van der Waals surface area contributed by atoms with E-state index in [9.17, 15) is 14.3 Å². The number of H-pyrrole nitrogens is 1. The summed E-state index contributed by atoms with van der Waals surface area (Å²) >= 11 is 0. The van der Waals surface area contributed by atoms with Crippen molar-refractivity contribution in [1.29, 1.82) is 0 Å². The Morgan fingerprint density at radius 1 is 0.911 bits per heavy atom. The molecule has 7 nitrogen and oxygen atoms in total. The number of fused-ring (bicyclic) bond motifs is 2. The van der Waals surface area contributed by atoms with Gasteiger partial charge in [-0.05, 0) is 97.5 Å². The maximum absolute atomic E-state index is 14.5. The SMILES string of the molecule is CN1CCC(c2ccc(-c3ccc4c(c3)N(C)C(=O)N(C(c3nc5ccccc5[nH]3)c3cc(F)ccc3O)C4)cc2)CC1.Cl.Cl. The lowest BCUT2D eigenvalue weighted by atomic mass is 9.88. The number of carbonyl (C=O) groups excluding carboxylic acids is 1. The van der Waals surface area contributed by atoms with Crippen molar-refractivity contribution in [3.05, 3.63) is 113 Å². The molecule has 5 aromatic rings. The molecule has 10 heteroatoms. The molecule has 2 N–H and O–H groups in total. The summed E-state index contributed by atoms with van der Waals surface area (Å²) in [6.45, 7) is 2.53. The molecular formula is C35H36Cl2FN5O2. The van der Waals surface area contributed by atoms with Crippen molar-refractivity contribution in [2.45, 2.75) is 31.3 Å². The number of phenolic OH excluding ortho intramolecular Hbond substituents is 1. The van der Waals surface area contributed by atoms with Gasteiger partial charge in [0.25, 0.3) is 0 Å². The minimum atomic E-state index is -0.835. The van der Waals surface area contributed by atoms with Gasteiger partial charge in [-0.25, -0.2) is 14.2 Å². The van der Waals surface area contributed by atoms with Crippen LogP contribution in [0.2, 0.25) is 0 Å². The van der Waals surface area contributed by atoms with E-state index in [2.05, 4.69) is 53.3 Å². The monoisotopic (exact) mass is 647 g/mol. The van der Waals surface area contributed by atoms with Crippen LogP contribution in [0.25, 0.3) is 22.2 Å². The van der Waals surface area contributed by atoms with Gasteiger partial charge in [-0.3, -0.25) is 4.90 Å². The van der Waals surface area contributed by atoms with Crippen molar-refractivity contribution >= 4 is 47.6 Å². The quantitative estimate of drug-likeness (QED) is 0.203. The van der Waals surface area contributed by atoms with Crippen molar-refractivity contribution in [2.24, 2.45) is 0 Å². The number of halogens is 3. The standard InChI is InChI=1S/C35H34FN5O2.2ClH/c1-39-17-15-24(16-18-39)22-7-9-23(10-8-22)25-11-12-26-21-41(35(43)40(2)31(26)19-25)33(28-20-27(36)13-14-32(28)42)34-37-29-5-3-4-6-30(29)38-34;;/h3-14,19-20,24,33,42H,15-18,21H2,1-2H3,(H,37,38);2*1H. The molecule has 1 aromatic heterocycles. The molecule has 4 aromatic carbocycles. The number of aromatic hydroxyl groups is 1. The van der Waals surface area contributed by atoms with Crippen LogP contribution in [-0.2, 0) is 6.54 Å². The van der Waals surface area contributed by atoms with Gasteiger partial charge in [0, 0.05) is 12.6 Å². The predicted molar refractivity (Wildman–Crippen MR) is 181 cm³/mol. The van der Waals surface area contributed by atoms with Gasteiger partial charge in [-0.2, -0.15) is 0 Å². The smallest absolute Gasteiger partial charge is 0.325 e. The number of para-hydroxylation sites is 2. The van der Waals surface area contributed by atoms with E-state index >= 15 is 0 Å². The molecule has 45 heavy (non-hydrogen) atoms. The zero-order valence-electron chi connectivity index (χ0n) is 25.1. The molecule has 1 saturated heterocycles. The fourth-order valence-electron chi connectivity index (χ4n) is 6.54. The van der Waals surface area contributed by atoms with E-state index in [0.29, 0.717) is 11.7 Å². The van der Waals surface area contributed by atoms with Crippen LogP contribution in [0.1, 0.15) is 47.3 Å². The lowest BCUT2D eigenvalue weighted by Gasteiger charge is -2.39. The highest BCUT2D eigenvalue weighted by Crippen LogP contribution is 2.41. The van der Waals surface area contributed by atoms with Gasteiger partial charge in [-0.1, -0.05) is 48.5 Å². The molecule has 0 saturated carbocycles. The Labute approximate surface area is 274 Å². The fraction of sp³-hybridized carbons (Fsp3) is 0.257. The van der Waals surface area contributed by atoms with Crippen LogP contribution in [0.3, 0.4) is 0 Å². The number of hydrogen-bond donors (Lipinski definition) is 2. The van der Waals surface area contributed by atoms with E-state index in [1.54, 1.807) is 16.8 Å². The van der Waals surface area contributed by atoms with E-state index in [0.717, 1.165) is 46.5 Å². The summed E-state index contributed by atoms with van der Waals surface area (Å²) in [4.78, 5) is 27.7. The Hall–Kier alpha value is -4.11. The topological polar surface area (TPSA) is 75.7 Å². The first-order valence-electron chi connectivity index (χ1n) is 14.7. The zero-order chi connectivity index (χ0) is 29.7. The van der Waals surface area contributed by atoms with Crippen LogP contribution in [-0.4, -0.2) is 58.1 Å². The number of anilines is 1. The zero-order valence-corrected chi connectivity index (χ0v) is 26.7. The van der Waals surface area contributed by atoms with Crippen LogP contribution >= 0.6 is 24.8 Å². The summed E-state index contributed by atoms with van der Waals surface area (Å²) in [5.74, 6) is 0.445. The Balaban J connectivity index is 0.00000200. The van der Waals surface area contributed by atoms with E-state index in [-0.39, 0.29) is 48.7 Å². The number of phenols is 1. The number of urea groups is 1. The Bertz CT molecular complexity index is 1790. The maximum Gasteiger partial charge on any atom is 0.325 e. The molecule has 2 aliphatic heterocycles. The van der Waals surface area contributed by atoms with Gasteiger partial charge >= 0.3 is 6.03 Å². The molecule has 2 amide bonds. The van der Waals surface area contributed by atoms with Crippen LogP contribution in [0.5, 0.6) is 5.75 Å². The molecule has 1 unspecified atom stereocenters. The van der Waals surface area contributed by atoms with E-state index in [1.165, 1.54) is 36.6 Å². The van der Waals surface area contributed by atoms with Crippen LogP contribution < -0.4 is 4.90 Å². The summed E-state index contributed by atoms with van der Waals surface area (Å²) in [6.07, 6.45) is 2.36. The highest BCUT2D eigenvalue weighted by atomic mass is 35.5. The lowest BCUT2D eigenvalue weighted by Crippen LogP contribution is -2.47. The van der Waals surface area contributed by atoms with Crippen molar-refractivity contribution < 1.29 is 14.3 Å². The normalized spacial score (nSPS) is 16.2. The van der Waals surface area contributed by atoms with E-state index in [4.69, 9.17) is 4.98 Å². The summed E-state index contributed by atoms with van der Waals surface area (Å²) in [5, 5.41) is 10.8. The number of carbonyl (C=O) groups is 1. The molecule has 3 heterocycles. The molecule has 2 aliphatic rings. The van der Waals surface area contributed by atoms with Crippen molar-refractivity contribution in [3.63, 3.8) is 0 Å². The summed E-state index contributed by atoms with van der Waals surface area (Å²) < 4.78 is 14.5. The molecular weight excluding hydrogens is 612 g/mol. The average molecular weight is 649 g/mol. The van der Waals surface area contributed by atoms with Gasteiger partial charge in [0.2, 0.25) is 0 Å². The third-order valence-corrected chi connectivity index (χ3v) is 9.02. The Kier molecular flexibility index (Phi) is 9.39. The Morgan fingerprint density at radius 2 is 1.62 bits per heavy atom. The van der Waals surface area contributed by atoms with E-state index < -0.39 is 11.9 Å². The highest BCUT2D eigenvalue weighted by molar-refractivity contribution is 5.96. The minimum Gasteiger partial charge on any atom is -0.508 e. The molecule has 0 aliphatic carbocycles. The second-order valence-electron chi connectivity index (χ2n) is 11.8. The molecule has 1 fully saturated rings.